The molecule has 0 atom stereocenters. The van der Waals surface area contributed by atoms with Crippen LogP contribution in [0.1, 0.15) is 0 Å². The maximum Gasteiger partial charge on any atom is 0.265 e. The van der Waals surface area contributed by atoms with Crippen molar-refractivity contribution in [3.8, 4) is 0 Å². The fourth-order valence-electron chi connectivity index (χ4n) is 1.17. The van der Waals surface area contributed by atoms with E-state index in [0.717, 1.165) is 9.92 Å². The third-order valence-electron chi connectivity index (χ3n) is 1.83. The Bertz CT molecular complexity index is 472. The van der Waals surface area contributed by atoms with Crippen molar-refractivity contribution in [1.82, 2.24) is 9.78 Å². The minimum Gasteiger partial charge on any atom is -0.281 e. The molecule has 1 N–H and O–H groups in total. The molecule has 0 bridgehead atoms. The Kier molecular flexibility index (Phi) is 2.45. The predicted octanol–water partition coefficient (Wildman–Crippen LogP) is 1.86. The van der Waals surface area contributed by atoms with Crippen LogP contribution >= 0.6 is 11.8 Å². The number of rotatable bonds is 2. The van der Waals surface area contributed by atoms with E-state index in [9.17, 15) is 4.79 Å². The van der Waals surface area contributed by atoms with Crippen LogP contribution in [0.2, 0.25) is 0 Å². The molecule has 0 fully saturated rings. The van der Waals surface area contributed by atoms with Gasteiger partial charge in [0.05, 0.1) is 0 Å². The van der Waals surface area contributed by atoms with Crippen LogP contribution in [0.15, 0.2) is 51.1 Å². The molecule has 4 heteroatoms. The van der Waals surface area contributed by atoms with Crippen molar-refractivity contribution >= 4 is 11.8 Å². The van der Waals surface area contributed by atoms with Crippen LogP contribution in [0.25, 0.3) is 0 Å². The SMILES string of the molecule is Cn1[nH]c(=O)cc1Sc1ccccc1. The molecule has 0 aliphatic heterocycles. The van der Waals surface area contributed by atoms with Crippen LogP contribution in [0.5, 0.6) is 0 Å². The van der Waals surface area contributed by atoms with Crippen LogP contribution < -0.4 is 5.56 Å². The number of hydrogen-bond acceptors (Lipinski definition) is 2. The summed E-state index contributed by atoms with van der Waals surface area (Å²) in [5, 5.41) is 3.59. The summed E-state index contributed by atoms with van der Waals surface area (Å²) in [5.74, 6) is 0. The van der Waals surface area contributed by atoms with Gasteiger partial charge < -0.3 is 0 Å². The van der Waals surface area contributed by atoms with Crippen LogP contribution in [-0.4, -0.2) is 9.78 Å². The van der Waals surface area contributed by atoms with Crippen molar-refractivity contribution in [1.29, 1.82) is 0 Å². The third kappa shape index (κ3) is 1.90. The van der Waals surface area contributed by atoms with Gasteiger partial charge in [-0.1, -0.05) is 30.0 Å². The molecule has 0 unspecified atom stereocenters. The van der Waals surface area contributed by atoms with Gasteiger partial charge in [0.25, 0.3) is 5.56 Å². The molecule has 72 valence electrons. The summed E-state index contributed by atoms with van der Waals surface area (Å²) in [6, 6.07) is 11.6. The van der Waals surface area contributed by atoms with E-state index in [-0.39, 0.29) is 5.56 Å². The lowest BCUT2D eigenvalue weighted by Crippen LogP contribution is -2.00. The summed E-state index contributed by atoms with van der Waals surface area (Å²) in [6.45, 7) is 0. The maximum absolute atomic E-state index is 11.0. The van der Waals surface area contributed by atoms with Gasteiger partial charge in [-0.25, -0.2) is 0 Å². The molecule has 3 nitrogen and oxygen atoms in total. The van der Waals surface area contributed by atoms with Gasteiger partial charge in [-0.15, -0.1) is 0 Å². The molecule has 0 saturated carbocycles. The van der Waals surface area contributed by atoms with E-state index in [1.165, 1.54) is 0 Å². The van der Waals surface area contributed by atoms with E-state index in [1.807, 2.05) is 37.4 Å². The van der Waals surface area contributed by atoms with Gasteiger partial charge in [-0.3, -0.25) is 14.6 Å². The minimum atomic E-state index is -0.0640. The first-order valence-electron chi connectivity index (χ1n) is 4.24. The number of H-pyrrole nitrogens is 1. The van der Waals surface area contributed by atoms with Crippen molar-refractivity contribution in [3.05, 3.63) is 46.8 Å². The second kappa shape index (κ2) is 3.75. The first kappa shape index (κ1) is 9.15. The Labute approximate surface area is 85.7 Å². The minimum absolute atomic E-state index is 0.0640. The summed E-state index contributed by atoms with van der Waals surface area (Å²) in [4.78, 5) is 12.1. The average molecular weight is 206 g/mol. The van der Waals surface area contributed by atoms with Gasteiger partial charge in [-0.2, -0.15) is 0 Å². The van der Waals surface area contributed by atoms with Gasteiger partial charge in [-0.05, 0) is 12.1 Å². The maximum atomic E-state index is 11.0. The van der Waals surface area contributed by atoms with Crippen LogP contribution in [-0.2, 0) is 7.05 Å². The van der Waals surface area contributed by atoms with Crippen LogP contribution in [0.3, 0.4) is 0 Å². The lowest BCUT2D eigenvalue weighted by molar-refractivity contribution is 0.692. The number of nitrogens with one attached hydrogen (secondary N) is 1. The highest BCUT2D eigenvalue weighted by molar-refractivity contribution is 7.99. The summed E-state index contributed by atoms with van der Waals surface area (Å²) in [6.07, 6.45) is 0. The first-order valence-corrected chi connectivity index (χ1v) is 5.06. The quantitative estimate of drug-likeness (QED) is 0.814. The monoisotopic (exact) mass is 206 g/mol. The van der Waals surface area contributed by atoms with Crippen LogP contribution in [0, 0.1) is 0 Å². The standard InChI is InChI=1S/C10H10N2OS/c1-12-10(7-9(13)11-12)14-8-5-3-2-4-6-8/h2-7H,1H3,(H,11,13). The number of hydrogen-bond donors (Lipinski definition) is 1. The Balaban J connectivity index is 2.27. The van der Waals surface area contributed by atoms with Crippen molar-refractivity contribution in [2.24, 2.45) is 7.05 Å². The lowest BCUT2D eigenvalue weighted by atomic mass is 10.4. The van der Waals surface area contributed by atoms with Crippen molar-refractivity contribution < 1.29 is 0 Å². The number of aromatic amines is 1. The Hall–Kier alpha value is -1.42. The van der Waals surface area contributed by atoms with E-state index in [2.05, 4.69) is 5.10 Å². The molecule has 0 aliphatic carbocycles. The van der Waals surface area contributed by atoms with E-state index in [1.54, 1.807) is 22.5 Å². The van der Waals surface area contributed by atoms with E-state index in [0.29, 0.717) is 0 Å². The van der Waals surface area contributed by atoms with E-state index >= 15 is 0 Å². The third-order valence-corrected chi connectivity index (χ3v) is 2.94. The number of benzene rings is 1. The Morgan fingerprint density at radius 1 is 1.29 bits per heavy atom. The summed E-state index contributed by atoms with van der Waals surface area (Å²) in [7, 11) is 1.83. The highest BCUT2D eigenvalue weighted by Crippen LogP contribution is 2.25. The van der Waals surface area contributed by atoms with Gasteiger partial charge >= 0.3 is 0 Å². The second-order valence-electron chi connectivity index (χ2n) is 2.93. The molecular formula is C10H10N2OS. The molecule has 1 aromatic carbocycles. The van der Waals surface area contributed by atoms with Crippen molar-refractivity contribution in [3.63, 3.8) is 0 Å². The number of aromatic nitrogens is 2. The molecular weight excluding hydrogens is 196 g/mol. The Morgan fingerprint density at radius 3 is 2.57 bits per heavy atom. The number of aryl methyl sites for hydroxylation is 1. The second-order valence-corrected chi connectivity index (χ2v) is 4.03. The van der Waals surface area contributed by atoms with E-state index in [4.69, 9.17) is 0 Å². The largest absolute Gasteiger partial charge is 0.281 e. The zero-order valence-electron chi connectivity index (χ0n) is 7.73. The van der Waals surface area contributed by atoms with Crippen LogP contribution in [0.4, 0.5) is 0 Å². The molecule has 2 aromatic rings. The predicted molar refractivity (Wildman–Crippen MR) is 56.6 cm³/mol. The highest BCUT2D eigenvalue weighted by Gasteiger charge is 2.02. The molecule has 0 saturated heterocycles. The summed E-state index contributed by atoms with van der Waals surface area (Å²) >= 11 is 1.57. The van der Waals surface area contributed by atoms with Crippen molar-refractivity contribution in [2.75, 3.05) is 0 Å². The molecule has 2 rings (SSSR count). The molecule has 1 heterocycles. The topological polar surface area (TPSA) is 37.8 Å². The number of nitrogens with zero attached hydrogens (tertiary/aromatic N) is 1. The first-order chi connectivity index (χ1) is 6.75. The van der Waals surface area contributed by atoms with E-state index < -0.39 is 0 Å². The normalized spacial score (nSPS) is 10.4. The fourth-order valence-corrected chi connectivity index (χ4v) is 2.05. The van der Waals surface area contributed by atoms with Crippen molar-refractivity contribution in [2.45, 2.75) is 9.92 Å². The van der Waals surface area contributed by atoms with Gasteiger partial charge in [0, 0.05) is 18.0 Å². The van der Waals surface area contributed by atoms with Gasteiger partial charge in [0.15, 0.2) is 0 Å². The summed E-state index contributed by atoms with van der Waals surface area (Å²) in [5.41, 5.74) is -0.0640. The average Bonchev–Trinajstić information content (AvgIpc) is 2.47. The van der Waals surface area contributed by atoms with Gasteiger partial charge in [0.1, 0.15) is 5.03 Å². The van der Waals surface area contributed by atoms with Gasteiger partial charge in [0.2, 0.25) is 0 Å². The smallest absolute Gasteiger partial charge is 0.265 e. The highest BCUT2D eigenvalue weighted by atomic mass is 32.2. The molecule has 0 amide bonds. The molecule has 1 aromatic heterocycles. The molecule has 0 radical (unpaired) electrons. The zero-order chi connectivity index (χ0) is 9.97. The lowest BCUT2D eigenvalue weighted by Gasteiger charge is -2.00. The molecule has 0 spiro atoms. The molecule has 0 aliphatic rings. The summed E-state index contributed by atoms with van der Waals surface area (Å²) < 4.78 is 1.72. The fraction of sp³-hybridized carbons (Fsp3) is 0.100. The Morgan fingerprint density at radius 2 is 2.00 bits per heavy atom. The molecule has 14 heavy (non-hydrogen) atoms. The zero-order valence-corrected chi connectivity index (χ0v) is 8.54.